The third-order valence-electron chi connectivity index (χ3n) is 3.03. The van der Waals surface area contributed by atoms with E-state index in [1.807, 2.05) is 19.9 Å². The van der Waals surface area contributed by atoms with Crippen LogP contribution in [0.5, 0.6) is 0 Å². The van der Waals surface area contributed by atoms with Gasteiger partial charge in [0.25, 0.3) is 5.91 Å². The molecule has 0 saturated carbocycles. The second-order valence-corrected chi connectivity index (χ2v) is 5.22. The molecular weight excluding hydrogens is 294 g/mol. The Bertz CT molecular complexity index is 696. The zero-order chi connectivity index (χ0) is 16.8. The number of benzene rings is 1. The number of nitrogens with zero attached hydrogens (tertiary/aromatic N) is 1. The van der Waals surface area contributed by atoms with Crippen LogP contribution in [-0.2, 0) is 4.74 Å². The zero-order valence-corrected chi connectivity index (χ0v) is 13.3. The van der Waals surface area contributed by atoms with E-state index in [4.69, 9.17) is 4.74 Å². The number of methoxy groups -OCH3 is 1. The summed E-state index contributed by atoms with van der Waals surface area (Å²) in [6.45, 7) is 3.77. The SMILES string of the molecule is COC(=O)c1ccccc1Nc1ccc(C(=O)NC(C)C)nc1. The van der Waals surface area contributed by atoms with Crippen LogP contribution in [0.1, 0.15) is 34.7 Å². The van der Waals surface area contributed by atoms with Gasteiger partial charge in [-0.05, 0) is 38.1 Å². The first-order chi connectivity index (χ1) is 11.0. The molecule has 6 heteroatoms. The fourth-order valence-corrected chi connectivity index (χ4v) is 1.97. The summed E-state index contributed by atoms with van der Waals surface area (Å²) in [5.41, 5.74) is 2.05. The molecule has 0 aliphatic rings. The molecule has 1 heterocycles. The molecule has 120 valence electrons. The molecule has 2 N–H and O–H groups in total. The van der Waals surface area contributed by atoms with Gasteiger partial charge in [0.15, 0.2) is 0 Å². The number of hydrogen-bond donors (Lipinski definition) is 2. The van der Waals surface area contributed by atoms with Crippen molar-refractivity contribution in [3.63, 3.8) is 0 Å². The van der Waals surface area contributed by atoms with E-state index in [0.717, 1.165) is 0 Å². The van der Waals surface area contributed by atoms with Crippen molar-refractivity contribution < 1.29 is 14.3 Å². The van der Waals surface area contributed by atoms with Gasteiger partial charge in [0, 0.05) is 6.04 Å². The molecule has 0 radical (unpaired) electrons. The Hall–Kier alpha value is -2.89. The summed E-state index contributed by atoms with van der Waals surface area (Å²) >= 11 is 0. The molecule has 1 aromatic carbocycles. The van der Waals surface area contributed by atoms with Gasteiger partial charge >= 0.3 is 5.97 Å². The fraction of sp³-hybridized carbons (Fsp3) is 0.235. The molecule has 2 aromatic rings. The lowest BCUT2D eigenvalue weighted by molar-refractivity contribution is 0.0601. The first-order valence-corrected chi connectivity index (χ1v) is 7.22. The van der Waals surface area contributed by atoms with Gasteiger partial charge in [0.1, 0.15) is 5.69 Å². The number of aromatic nitrogens is 1. The Morgan fingerprint density at radius 1 is 1.13 bits per heavy atom. The molecule has 0 aliphatic carbocycles. The van der Waals surface area contributed by atoms with Gasteiger partial charge in [-0.1, -0.05) is 12.1 Å². The smallest absolute Gasteiger partial charge is 0.339 e. The van der Waals surface area contributed by atoms with Crippen LogP contribution in [-0.4, -0.2) is 30.0 Å². The van der Waals surface area contributed by atoms with Gasteiger partial charge < -0.3 is 15.4 Å². The maximum atomic E-state index is 11.9. The number of para-hydroxylation sites is 1. The van der Waals surface area contributed by atoms with Crippen LogP contribution >= 0.6 is 0 Å². The van der Waals surface area contributed by atoms with Gasteiger partial charge in [0.05, 0.1) is 30.2 Å². The van der Waals surface area contributed by atoms with Gasteiger partial charge in [-0.15, -0.1) is 0 Å². The largest absolute Gasteiger partial charge is 0.465 e. The number of hydrogen-bond acceptors (Lipinski definition) is 5. The van der Waals surface area contributed by atoms with Crippen molar-refractivity contribution in [2.24, 2.45) is 0 Å². The minimum atomic E-state index is -0.422. The number of carbonyl (C=O) groups excluding carboxylic acids is 2. The normalized spacial score (nSPS) is 10.3. The highest BCUT2D eigenvalue weighted by Crippen LogP contribution is 2.21. The van der Waals surface area contributed by atoms with Gasteiger partial charge in [-0.2, -0.15) is 0 Å². The van der Waals surface area contributed by atoms with Crippen LogP contribution in [0.3, 0.4) is 0 Å². The number of carbonyl (C=O) groups is 2. The number of esters is 1. The molecule has 2 rings (SSSR count). The average Bonchev–Trinajstić information content (AvgIpc) is 2.54. The Kier molecular flexibility index (Phi) is 5.30. The minimum absolute atomic E-state index is 0.0500. The van der Waals surface area contributed by atoms with E-state index in [1.165, 1.54) is 7.11 Å². The Balaban J connectivity index is 2.16. The first kappa shape index (κ1) is 16.5. The van der Waals surface area contributed by atoms with E-state index in [9.17, 15) is 9.59 Å². The van der Waals surface area contributed by atoms with Crippen molar-refractivity contribution in [2.75, 3.05) is 12.4 Å². The lowest BCUT2D eigenvalue weighted by atomic mass is 10.1. The predicted octanol–water partition coefficient (Wildman–Crippen LogP) is 2.75. The summed E-state index contributed by atoms with van der Waals surface area (Å²) in [6, 6.07) is 10.4. The molecule has 23 heavy (non-hydrogen) atoms. The third-order valence-corrected chi connectivity index (χ3v) is 3.03. The second kappa shape index (κ2) is 7.40. The van der Waals surface area contributed by atoms with E-state index < -0.39 is 5.97 Å². The molecule has 6 nitrogen and oxygen atoms in total. The molecule has 0 fully saturated rings. The molecule has 1 amide bonds. The highest BCUT2D eigenvalue weighted by atomic mass is 16.5. The maximum Gasteiger partial charge on any atom is 0.339 e. The van der Waals surface area contributed by atoms with E-state index in [2.05, 4.69) is 15.6 Å². The number of ether oxygens (including phenoxy) is 1. The molecule has 0 bridgehead atoms. The van der Waals surface area contributed by atoms with E-state index in [1.54, 1.807) is 36.5 Å². The number of nitrogens with one attached hydrogen (secondary N) is 2. The summed E-state index contributed by atoms with van der Waals surface area (Å²) in [6.07, 6.45) is 1.54. The first-order valence-electron chi connectivity index (χ1n) is 7.22. The van der Waals surface area contributed by atoms with Crippen molar-refractivity contribution >= 4 is 23.3 Å². The third kappa shape index (κ3) is 4.29. The number of amides is 1. The Labute approximate surface area is 134 Å². The number of pyridine rings is 1. The zero-order valence-electron chi connectivity index (χ0n) is 13.3. The van der Waals surface area contributed by atoms with Crippen molar-refractivity contribution in [1.82, 2.24) is 10.3 Å². The molecule has 0 spiro atoms. The van der Waals surface area contributed by atoms with Crippen LogP contribution in [0.15, 0.2) is 42.6 Å². The second-order valence-electron chi connectivity index (χ2n) is 5.22. The van der Waals surface area contributed by atoms with Crippen LogP contribution in [0, 0.1) is 0 Å². The molecule has 0 atom stereocenters. The number of anilines is 2. The van der Waals surface area contributed by atoms with Crippen molar-refractivity contribution in [3.05, 3.63) is 53.9 Å². The van der Waals surface area contributed by atoms with Crippen molar-refractivity contribution in [2.45, 2.75) is 19.9 Å². The molecule has 0 aliphatic heterocycles. The van der Waals surface area contributed by atoms with E-state index in [0.29, 0.717) is 22.6 Å². The monoisotopic (exact) mass is 313 g/mol. The molecule has 0 saturated heterocycles. The van der Waals surface area contributed by atoms with Gasteiger partial charge in [-0.3, -0.25) is 4.79 Å². The standard InChI is InChI=1S/C17H19N3O3/c1-11(2)19-16(21)15-9-8-12(10-18-15)20-14-7-5-4-6-13(14)17(22)23-3/h4-11,20H,1-3H3,(H,19,21). The molecule has 1 aromatic heterocycles. The minimum Gasteiger partial charge on any atom is -0.465 e. The molecular formula is C17H19N3O3. The summed E-state index contributed by atoms with van der Waals surface area (Å²) in [7, 11) is 1.34. The van der Waals surface area contributed by atoms with Crippen molar-refractivity contribution in [3.8, 4) is 0 Å². The highest BCUT2D eigenvalue weighted by Gasteiger charge is 2.12. The Morgan fingerprint density at radius 3 is 2.48 bits per heavy atom. The van der Waals surface area contributed by atoms with Crippen LogP contribution in [0.25, 0.3) is 0 Å². The topological polar surface area (TPSA) is 80.3 Å². The summed E-state index contributed by atoms with van der Waals surface area (Å²) < 4.78 is 4.75. The average molecular weight is 313 g/mol. The summed E-state index contributed by atoms with van der Waals surface area (Å²) in [4.78, 5) is 27.7. The highest BCUT2D eigenvalue weighted by molar-refractivity contribution is 5.96. The van der Waals surface area contributed by atoms with Crippen LogP contribution in [0.4, 0.5) is 11.4 Å². The maximum absolute atomic E-state index is 11.9. The van der Waals surface area contributed by atoms with Crippen LogP contribution in [0.2, 0.25) is 0 Å². The van der Waals surface area contributed by atoms with Crippen LogP contribution < -0.4 is 10.6 Å². The fourth-order valence-electron chi connectivity index (χ4n) is 1.97. The predicted molar refractivity (Wildman–Crippen MR) is 87.9 cm³/mol. The summed E-state index contributed by atoms with van der Waals surface area (Å²) in [5, 5.41) is 5.88. The lowest BCUT2D eigenvalue weighted by Crippen LogP contribution is -2.30. The Morgan fingerprint density at radius 2 is 1.87 bits per heavy atom. The number of rotatable bonds is 5. The van der Waals surface area contributed by atoms with E-state index >= 15 is 0 Å². The van der Waals surface area contributed by atoms with Crippen molar-refractivity contribution in [1.29, 1.82) is 0 Å². The lowest BCUT2D eigenvalue weighted by Gasteiger charge is -2.11. The molecule has 0 unspecified atom stereocenters. The van der Waals surface area contributed by atoms with E-state index in [-0.39, 0.29) is 11.9 Å². The van der Waals surface area contributed by atoms with Gasteiger partial charge in [-0.25, -0.2) is 9.78 Å². The summed E-state index contributed by atoms with van der Waals surface area (Å²) in [5.74, 6) is -0.643. The van der Waals surface area contributed by atoms with Gasteiger partial charge in [0.2, 0.25) is 0 Å². The quantitative estimate of drug-likeness (QED) is 0.830.